The molecule has 2 aliphatic rings. The third-order valence-electron chi connectivity index (χ3n) is 4.09. The molecule has 1 aliphatic carbocycles. The van der Waals surface area contributed by atoms with E-state index in [9.17, 15) is 4.79 Å². The summed E-state index contributed by atoms with van der Waals surface area (Å²) >= 11 is 1.69. The maximum atomic E-state index is 12.3. The van der Waals surface area contributed by atoms with Gasteiger partial charge in [-0.1, -0.05) is 6.42 Å². The van der Waals surface area contributed by atoms with E-state index < -0.39 is 0 Å². The zero-order valence-electron chi connectivity index (χ0n) is 10.1. The van der Waals surface area contributed by atoms with Crippen LogP contribution in [0.2, 0.25) is 0 Å². The summed E-state index contributed by atoms with van der Waals surface area (Å²) in [5.74, 6) is 1.39. The molecule has 94 valence electrons. The molecule has 1 saturated carbocycles. The Balaban J connectivity index is 1.94. The van der Waals surface area contributed by atoms with Crippen LogP contribution in [0.1, 0.15) is 41.4 Å². The number of aromatic amines is 1. The second-order valence-electron chi connectivity index (χ2n) is 5.19. The second-order valence-corrected chi connectivity index (χ2v) is 6.27. The van der Waals surface area contributed by atoms with Crippen LogP contribution in [-0.4, -0.2) is 16.5 Å². The molecule has 0 atom stereocenters. The predicted octanol–water partition coefficient (Wildman–Crippen LogP) is 1.90. The first kappa shape index (κ1) is 10.7. The van der Waals surface area contributed by atoms with Crippen molar-refractivity contribution in [1.82, 2.24) is 15.3 Å². The highest BCUT2D eigenvalue weighted by molar-refractivity contribution is 7.18. The monoisotopic (exact) mass is 261 g/mol. The summed E-state index contributed by atoms with van der Waals surface area (Å²) in [4.78, 5) is 22.2. The fraction of sp³-hybridized carbons (Fsp3) is 0.538. The fourth-order valence-corrected chi connectivity index (χ4v) is 4.02. The van der Waals surface area contributed by atoms with Crippen LogP contribution >= 0.6 is 11.3 Å². The van der Waals surface area contributed by atoms with Crippen molar-refractivity contribution >= 4 is 21.6 Å². The lowest BCUT2D eigenvalue weighted by atomic mass is 9.85. The van der Waals surface area contributed by atoms with E-state index in [1.165, 1.54) is 29.7 Å². The number of nitrogens with one attached hydrogen (secondary N) is 2. The van der Waals surface area contributed by atoms with E-state index in [1.54, 1.807) is 11.3 Å². The topological polar surface area (TPSA) is 57.8 Å². The maximum Gasteiger partial charge on any atom is 0.259 e. The lowest BCUT2D eigenvalue weighted by Gasteiger charge is -2.23. The molecule has 2 N–H and O–H groups in total. The SMILES string of the molecule is O=c1[nH]c(C2CCC2)nc2sc3c(c12)CCNC3. The van der Waals surface area contributed by atoms with Gasteiger partial charge in [0.1, 0.15) is 10.7 Å². The minimum Gasteiger partial charge on any atom is -0.312 e. The Bertz CT molecular complexity index is 669. The van der Waals surface area contributed by atoms with Crippen molar-refractivity contribution in [2.75, 3.05) is 6.54 Å². The van der Waals surface area contributed by atoms with Crippen LogP contribution < -0.4 is 10.9 Å². The maximum absolute atomic E-state index is 12.3. The molecule has 0 saturated heterocycles. The van der Waals surface area contributed by atoms with Crippen LogP contribution in [0, 0.1) is 0 Å². The summed E-state index contributed by atoms with van der Waals surface area (Å²) in [6, 6.07) is 0. The van der Waals surface area contributed by atoms with Gasteiger partial charge in [0, 0.05) is 17.3 Å². The molecule has 2 aromatic rings. The Morgan fingerprint density at radius 3 is 3.00 bits per heavy atom. The lowest BCUT2D eigenvalue weighted by molar-refractivity contribution is 0.402. The van der Waals surface area contributed by atoms with Crippen LogP contribution in [0.15, 0.2) is 4.79 Å². The quantitative estimate of drug-likeness (QED) is 0.824. The van der Waals surface area contributed by atoms with Crippen molar-refractivity contribution in [3.63, 3.8) is 0 Å². The van der Waals surface area contributed by atoms with Crippen molar-refractivity contribution in [2.24, 2.45) is 0 Å². The van der Waals surface area contributed by atoms with Gasteiger partial charge in [-0.15, -0.1) is 11.3 Å². The summed E-state index contributed by atoms with van der Waals surface area (Å²) in [6.07, 6.45) is 4.54. The minimum atomic E-state index is 0.0706. The molecule has 0 radical (unpaired) electrons. The Kier molecular flexibility index (Phi) is 2.32. The molecular formula is C13H15N3OS. The first-order valence-electron chi connectivity index (χ1n) is 6.58. The van der Waals surface area contributed by atoms with E-state index in [-0.39, 0.29) is 5.56 Å². The smallest absolute Gasteiger partial charge is 0.259 e. The first-order chi connectivity index (χ1) is 8.83. The van der Waals surface area contributed by atoms with Crippen molar-refractivity contribution in [2.45, 2.75) is 38.1 Å². The van der Waals surface area contributed by atoms with Crippen LogP contribution in [-0.2, 0) is 13.0 Å². The molecule has 0 unspecified atom stereocenters. The third-order valence-corrected chi connectivity index (χ3v) is 5.22. The molecule has 0 amide bonds. The van der Waals surface area contributed by atoms with Gasteiger partial charge < -0.3 is 10.3 Å². The average molecular weight is 261 g/mol. The minimum absolute atomic E-state index is 0.0706. The molecule has 1 fully saturated rings. The zero-order valence-corrected chi connectivity index (χ0v) is 10.9. The lowest BCUT2D eigenvalue weighted by Crippen LogP contribution is -2.23. The van der Waals surface area contributed by atoms with Crippen molar-refractivity contribution in [3.8, 4) is 0 Å². The zero-order chi connectivity index (χ0) is 12.1. The van der Waals surface area contributed by atoms with Gasteiger partial charge in [0.25, 0.3) is 5.56 Å². The average Bonchev–Trinajstić information content (AvgIpc) is 2.64. The van der Waals surface area contributed by atoms with Gasteiger partial charge in [-0.2, -0.15) is 0 Å². The van der Waals surface area contributed by atoms with E-state index in [2.05, 4.69) is 10.3 Å². The number of nitrogens with zero attached hydrogens (tertiary/aromatic N) is 1. The van der Waals surface area contributed by atoms with Crippen LogP contribution in [0.5, 0.6) is 0 Å². The second kappa shape index (κ2) is 3.90. The van der Waals surface area contributed by atoms with Gasteiger partial charge in [-0.3, -0.25) is 4.79 Å². The van der Waals surface area contributed by atoms with Crippen LogP contribution in [0.25, 0.3) is 10.2 Å². The number of fused-ring (bicyclic) bond motifs is 3. The fourth-order valence-electron chi connectivity index (χ4n) is 2.82. The molecule has 2 aromatic heterocycles. The van der Waals surface area contributed by atoms with E-state index >= 15 is 0 Å². The highest BCUT2D eigenvalue weighted by Crippen LogP contribution is 2.36. The van der Waals surface area contributed by atoms with E-state index in [4.69, 9.17) is 4.98 Å². The van der Waals surface area contributed by atoms with Gasteiger partial charge in [-0.05, 0) is 31.4 Å². The number of rotatable bonds is 1. The van der Waals surface area contributed by atoms with Crippen LogP contribution in [0.3, 0.4) is 0 Å². The Labute approximate surface area is 108 Å². The largest absolute Gasteiger partial charge is 0.312 e. The number of hydrogen-bond donors (Lipinski definition) is 2. The molecule has 0 bridgehead atoms. The van der Waals surface area contributed by atoms with Crippen molar-refractivity contribution in [3.05, 3.63) is 26.6 Å². The molecule has 4 rings (SSSR count). The Hall–Kier alpha value is -1.20. The number of H-pyrrole nitrogens is 1. The molecule has 4 nitrogen and oxygen atoms in total. The highest BCUT2D eigenvalue weighted by atomic mass is 32.1. The number of hydrogen-bond acceptors (Lipinski definition) is 4. The molecule has 5 heteroatoms. The summed E-state index contributed by atoms with van der Waals surface area (Å²) < 4.78 is 0. The Morgan fingerprint density at radius 2 is 2.22 bits per heavy atom. The number of aromatic nitrogens is 2. The van der Waals surface area contributed by atoms with Gasteiger partial charge in [0.2, 0.25) is 0 Å². The van der Waals surface area contributed by atoms with Gasteiger partial charge in [0.05, 0.1) is 5.39 Å². The predicted molar refractivity (Wildman–Crippen MR) is 72.2 cm³/mol. The highest BCUT2D eigenvalue weighted by Gasteiger charge is 2.25. The van der Waals surface area contributed by atoms with E-state index in [1.807, 2.05) is 0 Å². The van der Waals surface area contributed by atoms with Crippen LogP contribution in [0.4, 0.5) is 0 Å². The van der Waals surface area contributed by atoms with Gasteiger partial charge >= 0.3 is 0 Å². The molecule has 1 aliphatic heterocycles. The molecule has 0 spiro atoms. The van der Waals surface area contributed by atoms with E-state index in [0.29, 0.717) is 5.92 Å². The Morgan fingerprint density at radius 1 is 1.33 bits per heavy atom. The summed E-state index contributed by atoms with van der Waals surface area (Å²) in [5.41, 5.74) is 1.30. The summed E-state index contributed by atoms with van der Waals surface area (Å²) in [5, 5.41) is 4.20. The standard InChI is InChI=1S/C13H15N3OS/c17-12-10-8-4-5-14-6-9(8)18-13(10)16-11(15-12)7-2-1-3-7/h7,14H,1-6H2,(H,15,16,17). The molecular weight excluding hydrogens is 246 g/mol. The summed E-state index contributed by atoms with van der Waals surface area (Å²) in [6.45, 7) is 1.84. The first-order valence-corrected chi connectivity index (χ1v) is 7.40. The van der Waals surface area contributed by atoms with Gasteiger partial charge in [-0.25, -0.2) is 4.98 Å². The summed E-state index contributed by atoms with van der Waals surface area (Å²) in [7, 11) is 0. The normalized spacial score (nSPS) is 19.8. The molecule has 18 heavy (non-hydrogen) atoms. The third kappa shape index (κ3) is 1.47. The van der Waals surface area contributed by atoms with Crippen molar-refractivity contribution in [1.29, 1.82) is 0 Å². The van der Waals surface area contributed by atoms with Crippen molar-refractivity contribution < 1.29 is 0 Å². The van der Waals surface area contributed by atoms with Gasteiger partial charge in [0.15, 0.2) is 0 Å². The molecule has 0 aromatic carbocycles. The van der Waals surface area contributed by atoms with E-state index in [0.717, 1.165) is 35.6 Å². The number of thiophene rings is 1. The molecule has 3 heterocycles.